The van der Waals surface area contributed by atoms with E-state index in [1.165, 1.54) is 25.3 Å². The Morgan fingerprint density at radius 2 is 1.83 bits per heavy atom. The van der Waals surface area contributed by atoms with E-state index in [-0.39, 0.29) is 12.2 Å². The average Bonchev–Trinajstić information content (AvgIpc) is 2.87. The van der Waals surface area contributed by atoms with Gasteiger partial charge >= 0.3 is 5.97 Å². The molecule has 0 aliphatic carbocycles. The topological polar surface area (TPSA) is 97.7 Å². The summed E-state index contributed by atoms with van der Waals surface area (Å²) in [7, 11) is 1.29. The van der Waals surface area contributed by atoms with Gasteiger partial charge in [0.05, 0.1) is 23.8 Å². The number of rotatable bonds is 9. The predicted molar refractivity (Wildman–Crippen MR) is 141 cm³/mol. The highest BCUT2D eigenvalue weighted by Crippen LogP contribution is 2.38. The van der Waals surface area contributed by atoms with Crippen molar-refractivity contribution < 1.29 is 23.8 Å². The number of methoxy groups -OCH3 is 1. The molecule has 3 rings (SSSR count). The summed E-state index contributed by atoms with van der Waals surface area (Å²) in [5.41, 5.74) is 2.03. The second-order valence-corrected chi connectivity index (χ2v) is 8.60. The van der Waals surface area contributed by atoms with Gasteiger partial charge in [0.15, 0.2) is 11.5 Å². The van der Waals surface area contributed by atoms with Gasteiger partial charge in [0.2, 0.25) is 0 Å². The van der Waals surface area contributed by atoms with Crippen LogP contribution in [-0.2, 0) is 16.1 Å². The molecule has 7 nitrogen and oxygen atoms in total. The Balaban J connectivity index is 1.82. The van der Waals surface area contributed by atoms with Crippen LogP contribution in [0.3, 0.4) is 0 Å². The van der Waals surface area contributed by atoms with Crippen LogP contribution in [0.1, 0.15) is 28.4 Å². The summed E-state index contributed by atoms with van der Waals surface area (Å²) in [5, 5.41) is 12.8. The lowest BCUT2D eigenvalue weighted by Gasteiger charge is -2.15. The van der Waals surface area contributed by atoms with E-state index in [2.05, 4.69) is 26.0 Å². The number of carbonyl (C=O) groups excluding carboxylic acids is 2. The highest BCUT2D eigenvalue weighted by molar-refractivity contribution is 9.10. The molecule has 0 bridgehead atoms. The quantitative estimate of drug-likeness (QED) is 0.182. The lowest BCUT2D eigenvalue weighted by atomic mass is 10.1. The van der Waals surface area contributed by atoms with E-state index in [1.54, 1.807) is 30.3 Å². The first kappa shape index (κ1) is 26.8. The van der Waals surface area contributed by atoms with Crippen LogP contribution in [0.25, 0.3) is 6.08 Å². The number of carbonyl (C=O) groups is 2. The molecule has 0 aliphatic rings. The van der Waals surface area contributed by atoms with Crippen LogP contribution in [-0.4, -0.2) is 25.6 Å². The first-order valence-corrected chi connectivity index (χ1v) is 12.0. The molecule has 36 heavy (non-hydrogen) atoms. The number of nitrogens with one attached hydrogen (secondary N) is 1. The molecule has 3 aromatic rings. The minimum Gasteiger partial charge on any atom is -0.490 e. The van der Waals surface area contributed by atoms with Crippen molar-refractivity contribution in [3.63, 3.8) is 0 Å². The molecule has 0 saturated heterocycles. The predicted octanol–water partition coefficient (Wildman–Crippen LogP) is 6.41. The van der Waals surface area contributed by atoms with E-state index in [1.807, 2.05) is 31.2 Å². The van der Waals surface area contributed by atoms with Crippen molar-refractivity contribution >= 4 is 51.2 Å². The van der Waals surface area contributed by atoms with Crippen molar-refractivity contribution in [2.75, 3.05) is 19.0 Å². The van der Waals surface area contributed by atoms with Crippen molar-refractivity contribution in [1.82, 2.24) is 0 Å². The largest absolute Gasteiger partial charge is 0.490 e. The number of halogens is 2. The lowest BCUT2D eigenvalue weighted by Crippen LogP contribution is -2.13. The molecular weight excluding hydrogens is 548 g/mol. The van der Waals surface area contributed by atoms with Gasteiger partial charge in [-0.05, 0) is 77.0 Å². The number of anilines is 1. The SMILES string of the molecule is CCOc1cc(/C=C(\C#N)C(=O)Nc2ccc(C(=O)OC)cc2)cc(Br)c1OCc1ccccc1Cl. The van der Waals surface area contributed by atoms with Gasteiger partial charge in [0.1, 0.15) is 18.2 Å². The number of amides is 1. The third-order valence-electron chi connectivity index (χ3n) is 4.90. The van der Waals surface area contributed by atoms with Crippen LogP contribution in [0.5, 0.6) is 11.5 Å². The average molecular weight is 570 g/mol. The maximum absolute atomic E-state index is 12.7. The van der Waals surface area contributed by atoms with E-state index in [0.29, 0.717) is 44.4 Å². The van der Waals surface area contributed by atoms with Gasteiger partial charge < -0.3 is 19.5 Å². The van der Waals surface area contributed by atoms with E-state index >= 15 is 0 Å². The molecule has 9 heteroatoms. The minimum atomic E-state index is -0.601. The van der Waals surface area contributed by atoms with Crippen molar-refractivity contribution in [3.05, 3.63) is 92.4 Å². The smallest absolute Gasteiger partial charge is 0.337 e. The maximum Gasteiger partial charge on any atom is 0.337 e. The molecule has 1 amide bonds. The zero-order chi connectivity index (χ0) is 26.1. The molecule has 0 unspecified atom stereocenters. The first-order valence-electron chi connectivity index (χ1n) is 10.8. The fourth-order valence-corrected chi connectivity index (χ4v) is 3.93. The van der Waals surface area contributed by atoms with E-state index in [4.69, 9.17) is 21.1 Å². The van der Waals surface area contributed by atoms with Crippen LogP contribution in [0.15, 0.2) is 70.7 Å². The van der Waals surface area contributed by atoms with Gasteiger partial charge in [-0.25, -0.2) is 4.79 Å². The van der Waals surface area contributed by atoms with E-state index in [9.17, 15) is 14.9 Å². The Morgan fingerprint density at radius 3 is 2.47 bits per heavy atom. The highest BCUT2D eigenvalue weighted by Gasteiger charge is 2.15. The number of ether oxygens (including phenoxy) is 3. The Morgan fingerprint density at radius 1 is 1.11 bits per heavy atom. The number of benzene rings is 3. The molecule has 0 radical (unpaired) electrons. The van der Waals surface area contributed by atoms with Gasteiger partial charge in [-0.1, -0.05) is 29.8 Å². The van der Waals surface area contributed by atoms with Crippen LogP contribution in [0.4, 0.5) is 5.69 Å². The van der Waals surface area contributed by atoms with Crippen molar-refractivity contribution in [3.8, 4) is 17.6 Å². The fraction of sp³-hybridized carbons (Fsp3) is 0.148. The fourth-order valence-electron chi connectivity index (χ4n) is 3.16. The molecule has 0 aliphatic heterocycles. The number of esters is 1. The highest BCUT2D eigenvalue weighted by atomic mass is 79.9. The van der Waals surface area contributed by atoms with Crippen LogP contribution in [0.2, 0.25) is 5.02 Å². The molecule has 0 spiro atoms. The third-order valence-corrected chi connectivity index (χ3v) is 5.86. The standard InChI is InChI=1S/C27H22BrClN2O5/c1-3-35-24-14-17(13-22(28)25(24)36-16-19-6-4-5-7-23(19)29)12-20(15-30)26(32)31-21-10-8-18(9-11-21)27(33)34-2/h4-14H,3,16H2,1-2H3,(H,31,32)/b20-12+. The molecule has 0 atom stereocenters. The van der Waals surface area contributed by atoms with Gasteiger partial charge in [0, 0.05) is 16.3 Å². The first-order chi connectivity index (χ1) is 17.4. The van der Waals surface area contributed by atoms with E-state index < -0.39 is 11.9 Å². The molecular formula is C27H22BrClN2O5. The molecule has 0 aromatic heterocycles. The van der Waals surface area contributed by atoms with Crippen LogP contribution < -0.4 is 14.8 Å². The Hall–Kier alpha value is -3.80. The summed E-state index contributed by atoms with van der Waals surface area (Å²) in [5.74, 6) is -0.166. The Bertz CT molecular complexity index is 1330. The summed E-state index contributed by atoms with van der Waals surface area (Å²) in [4.78, 5) is 24.3. The number of hydrogen-bond acceptors (Lipinski definition) is 6. The van der Waals surface area contributed by atoms with Gasteiger partial charge in [-0.15, -0.1) is 0 Å². The van der Waals surface area contributed by atoms with Gasteiger partial charge in [-0.2, -0.15) is 5.26 Å². The second-order valence-electron chi connectivity index (χ2n) is 7.34. The molecule has 0 fully saturated rings. The van der Waals surface area contributed by atoms with E-state index in [0.717, 1.165) is 5.56 Å². The zero-order valence-electron chi connectivity index (χ0n) is 19.5. The van der Waals surface area contributed by atoms with Gasteiger partial charge in [0.25, 0.3) is 5.91 Å². The van der Waals surface area contributed by atoms with Crippen LogP contribution >= 0.6 is 27.5 Å². The summed E-state index contributed by atoms with van der Waals surface area (Å²) in [6.45, 7) is 2.46. The Kier molecular flexibility index (Phi) is 9.51. The van der Waals surface area contributed by atoms with Crippen LogP contribution in [0, 0.1) is 11.3 Å². The number of nitrogens with zero attached hydrogens (tertiary/aromatic N) is 1. The molecule has 3 aromatic carbocycles. The summed E-state index contributed by atoms with van der Waals surface area (Å²) in [6.07, 6.45) is 1.45. The summed E-state index contributed by atoms with van der Waals surface area (Å²) >= 11 is 9.72. The summed E-state index contributed by atoms with van der Waals surface area (Å²) in [6, 6.07) is 18.8. The maximum atomic E-state index is 12.7. The van der Waals surface area contributed by atoms with Crippen molar-refractivity contribution in [1.29, 1.82) is 5.26 Å². The lowest BCUT2D eigenvalue weighted by molar-refractivity contribution is -0.112. The monoisotopic (exact) mass is 568 g/mol. The molecule has 184 valence electrons. The minimum absolute atomic E-state index is 0.119. The Labute approximate surface area is 222 Å². The van der Waals surface area contributed by atoms with Crippen molar-refractivity contribution in [2.45, 2.75) is 13.5 Å². The second kappa shape index (κ2) is 12.8. The summed E-state index contributed by atoms with van der Waals surface area (Å²) < 4.78 is 17.0. The number of nitriles is 1. The third kappa shape index (κ3) is 6.87. The zero-order valence-corrected chi connectivity index (χ0v) is 21.9. The molecule has 0 heterocycles. The molecule has 1 N–H and O–H groups in total. The molecule has 0 saturated carbocycles. The normalized spacial score (nSPS) is 10.8. The number of hydrogen-bond donors (Lipinski definition) is 1. The van der Waals surface area contributed by atoms with Crippen molar-refractivity contribution in [2.24, 2.45) is 0 Å². The van der Waals surface area contributed by atoms with Gasteiger partial charge in [-0.3, -0.25) is 4.79 Å².